The lowest BCUT2D eigenvalue weighted by Gasteiger charge is -2.31. The second-order valence-corrected chi connectivity index (χ2v) is 2.41. The van der Waals surface area contributed by atoms with E-state index in [1.807, 2.05) is 0 Å². The van der Waals surface area contributed by atoms with Crippen molar-refractivity contribution in [2.45, 2.75) is 18.9 Å². The van der Waals surface area contributed by atoms with Crippen LogP contribution in [0.2, 0.25) is 0 Å². The van der Waals surface area contributed by atoms with Gasteiger partial charge in [-0.05, 0) is 24.3 Å². The Morgan fingerprint density at radius 2 is 2.44 bits per heavy atom. The Kier molecular flexibility index (Phi) is 1.92. The maximum atomic E-state index is 7.94. The summed E-state index contributed by atoms with van der Waals surface area (Å²) in [7, 11) is 0. The van der Waals surface area contributed by atoms with E-state index in [9.17, 15) is 0 Å². The molecule has 50 valence electrons. The average Bonchev–Trinajstić information content (AvgIpc) is 1.86. The molecule has 0 bridgehead atoms. The molecule has 0 radical (unpaired) electrons. The predicted octanol–water partition coefficient (Wildman–Crippen LogP) is 1.03. The van der Waals surface area contributed by atoms with Gasteiger partial charge in [-0.15, -0.1) is 0 Å². The maximum Gasteiger partial charge on any atom is 0.0301 e. The molecule has 0 amide bonds. The molecule has 0 spiro atoms. The number of nitrogens with two attached hydrogens (primary N) is 1. The molecule has 1 aliphatic carbocycles. The van der Waals surface area contributed by atoms with Crippen molar-refractivity contribution in [2.75, 3.05) is 6.54 Å². The normalized spacial score (nSPS) is 32.6. The predicted molar refractivity (Wildman–Crippen MR) is 34.7 cm³/mol. The molecule has 1 saturated carbocycles. The van der Waals surface area contributed by atoms with Gasteiger partial charge in [0.2, 0.25) is 0 Å². The summed E-state index contributed by atoms with van der Waals surface area (Å²) in [5.74, 6) is 0.459. The molecule has 1 rings (SSSR count). The van der Waals surface area contributed by atoms with Crippen LogP contribution in [0.1, 0.15) is 12.8 Å². The molecule has 1 aliphatic rings. The van der Waals surface area contributed by atoms with Crippen molar-refractivity contribution in [3.05, 3.63) is 10.4 Å². The average molecular weight is 126 g/mol. The van der Waals surface area contributed by atoms with Crippen LogP contribution in [0.15, 0.2) is 5.11 Å². The van der Waals surface area contributed by atoms with Crippen molar-refractivity contribution < 1.29 is 0 Å². The van der Waals surface area contributed by atoms with Crippen LogP contribution < -0.4 is 5.73 Å². The Bertz CT molecular complexity index is 138. The van der Waals surface area contributed by atoms with E-state index in [4.69, 9.17) is 11.3 Å². The molecule has 0 aromatic carbocycles. The van der Waals surface area contributed by atoms with Gasteiger partial charge in [-0.1, -0.05) is 5.11 Å². The standard InChI is InChI=1S/C5H10N4/c6-5-2-1-4(5)3-8-9-7/h4-5H,1-3,6H2/t4-,5+/m0/s1. The molecule has 0 saturated heterocycles. The van der Waals surface area contributed by atoms with Crippen LogP contribution in [-0.2, 0) is 0 Å². The monoisotopic (exact) mass is 126 g/mol. The summed E-state index contributed by atoms with van der Waals surface area (Å²) in [6, 6.07) is 0.287. The molecule has 4 heteroatoms. The highest BCUT2D eigenvalue weighted by atomic mass is 15.1. The fourth-order valence-corrected chi connectivity index (χ4v) is 0.963. The molecule has 4 nitrogen and oxygen atoms in total. The van der Waals surface area contributed by atoms with Crippen LogP contribution >= 0.6 is 0 Å². The number of azide groups is 1. The van der Waals surface area contributed by atoms with Crippen molar-refractivity contribution in [1.82, 2.24) is 0 Å². The lowest BCUT2D eigenvalue weighted by Crippen LogP contribution is -2.40. The van der Waals surface area contributed by atoms with Gasteiger partial charge in [0, 0.05) is 17.5 Å². The second kappa shape index (κ2) is 2.71. The minimum Gasteiger partial charge on any atom is -0.327 e. The first-order chi connectivity index (χ1) is 4.34. The van der Waals surface area contributed by atoms with Gasteiger partial charge in [-0.2, -0.15) is 0 Å². The van der Waals surface area contributed by atoms with Crippen molar-refractivity contribution in [3.8, 4) is 0 Å². The molecule has 9 heavy (non-hydrogen) atoms. The van der Waals surface area contributed by atoms with Crippen molar-refractivity contribution in [2.24, 2.45) is 16.8 Å². The highest BCUT2D eigenvalue weighted by Gasteiger charge is 2.25. The van der Waals surface area contributed by atoms with E-state index in [1.165, 1.54) is 0 Å². The van der Waals surface area contributed by atoms with Gasteiger partial charge in [0.05, 0.1) is 0 Å². The second-order valence-electron chi connectivity index (χ2n) is 2.41. The van der Waals surface area contributed by atoms with Crippen LogP contribution in [0.5, 0.6) is 0 Å². The van der Waals surface area contributed by atoms with Crippen molar-refractivity contribution >= 4 is 0 Å². The number of hydrogen-bond donors (Lipinski definition) is 1. The minimum atomic E-state index is 0.287. The van der Waals surface area contributed by atoms with E-state index in [0.717, 1.165) is 12.8 Å². The van der Waals surface area contributed by atoms with Crippen LogP contribution in [0.3, 0.4) is 0 Å². The van der Waals surface area contributed by atoms with Gasteiger partial charge < -0.3 is 5.73 Å². The summed E-state index contributed by atoms with van der Waals surface area (Å²) in [6.07, 6.45) is 2.21. The fourth-order valence-electron chi connectivity index (χ4n) is 0.963. The van der Waals surface area contributed by atoms with Crippen LogP contribution in [-0.4, -0.2) is 12.6 Å². The van der Waals surface area contributed by atoms with Crippen molar-refractivity contribution in [3.63, 3.8) is 0 Å². The van der Waals surface area contributed by atoms with Gasteiger partial charge in [0.25, 0.3) is 0 Å². The maximum absolute atomic E-state index is 7.94. The van der Waals surface area contributed by atoms with E-state index in [2.05, 4.69) is 10.0 Å². The van der Waals surface area contributed by atoms with E-state index in [0.29, 0.717) is 12.5 Å². The summed E-state index contributed by atoms with van der Waals surface area (Å²) in [5, 5.41) is 3.44. The van der Waals surface area contributed by atoms with E-state index in [1.54, 1.807) is 0 Å². The summed E-state index contributed by atoms with van der Waals surface area (Å²) in [5.41, 5.74) is 13.5. The lowest BCUT2D eigenvalue weighted by molar-refractivity contribution is 0.265. The Morgan fingerprint density at radius 1 is 1.67 bits per heavy atom. The first-order valence-corrected chi connectivity index (χ1v) is 3.11. The zero-order valence-electron chi connectivity index (χ0n) is 5.20. The zero-order chi connectivity index (χ0) is 6.69. The van der Waals surface area contributed by atoms with E-state index >= 15 is 0 Å². The molecule has 2 N–H and O–H groups in total. The topological polar surface area (TPSA) is 74.8 Å². The summed E-state index contributed by atoms with van der Waals surface area (Å²) in [6.45, 7) is 0.581. The fraction of sp³-hybridized carbons (Fsp3) is 1.00. The molecule has 1 fully saturated rings. The molecule has 0 aromatic heterocycles. The van der Waals surface area contributed by atoms with Gasteiger partial charge in [0.1, 0.15) is 0 Å². The number of hydrogen-bond acceptors (Lipinski definition) is 2. The van der Waals surface area contributed by atoms with Crippen LogP contribution in [0.25, 0.3) is 10.4 Å². The SMILES string of the molecule is [N-]=[N+]=NC[C@@H]1CC[C@H]1N. The minimum absolute atomic E-state index is 0.287. The molecular weight excluding hydrogens is 116 g/mol. The third-order valence-corrected chi connectivity index (χ3v) is 1.86. The molecular formula is C5H10N4. The molecule has 0 aliphatic heterocycles. The van der Waals surface area contributed by atoms with Gasteiger partial charge in [-0.3, -0.25) is 0 Å². The summed E-state index contributed by atoms with van der Waals surface area (Å²) in [4.78, 5) is 2.66. The quantitative estimate of drug-likeness (QED) is 0.335. The van der Waals surface area contributed by atoms with E-state index in [-0.39, 0.29) is 6.04 Å². The van der Waals surface area contributed by atoms with Gasteiger partial charge in [-0.25, -0.2) is 0 Å². The first kappa shape index (κ1) is 6.39. The zero-order valence-corrected chi connectivity index (χ0v) is 5.20. The molecule has 2 atom stereocenters. The van der Waals surface area contributed by atoms with Crippen LogP contribution in [0, 0.1) is 5.92 Å². The Balaban J connectivity index is 2.20. The Labute approximate surface area is 53.7 Å². The highest BCUT2D eigenvalue weighted by molar-refractivity contribution is 4.84. The van der Waals surface area contributed by atoms with Gasteiger partial charge >= 0.3 is 0 Å². The van der Waals surface area contributed by atoms with Crippen molar-refractivity contribution in [1.29, 1.82) is 0 Å². The van der Waals surface area contributed by atoms with Gasteiger partial charge in [0.15, 0.2) is 0 Å². The molecule has 0 unspecified atom stereocenters. The number of rotatable bonds is 2. The summed E-state index contributed by atoms with van der Waals surface area (Å²) >= 11 is 0. The third-order valence-electron chi connectivity index (χ3n) is 1.86. The molecule has 0 aromatic rings. The Hall–Kier alpha value is -0.730. The molecule has 0 heterocycles. The van der Waals surface area contributed by atoms with Crippen LogP contribution in [0.4, 0.5) is 0 Å². The lowest BCUT2D eigenvalue weighted by atomic mass is 9.80. The Morgan fingerprint density at radius 3 is 2.78 bits per heavy atom. The van der Waals surface area contributed by atoms with E-state index < -0.39 is 0 Å². The summed E-state index contributed by atoms with van der Waals surface area (Å²) < 4.78 is 0. The third kappa shape index (κ3) is 1.34. The number of nitrogens with zero attached hydrogens (tertiary/aromatic N) is 3. The smallest absolute Gasteiger partial charge is 0.0301 e. The largest absolute Gasteiger partial charge is 0.327 e. The first-order valence-electron chi connectivity index (χ1n) is 3.11. The highest BCUT2D eigenvalue weighted by Crippen LogP contribution is 2.25.